The molecule has 2 aliphatic rings. The summed E-state index contributed by atoms with van der Waals surface area (Å²) in [5, 5.41) is 0. The third kappa shape index (κ3) is 2.23. The SMILES string of the molecule is CC(=O)OC1=CC[C@@H](C2(C)CO2)[C@H](C)C1. The second-order valence-electron chi connectivity index (χ2n) is 4.89. The van der Waals surface area contributed by atoms with Crippen molar-refractivity contribution < 1.29 is 14.3 Å². The smallest absolute Gasteiger partial charge is 0.307 e. The molecule has 0 aromatic heterocycles. The fraction of sp³-hybridized carbons (Fsp3) is 0.750. The zero-order chi connectivity index (χ0) is 11.1. The number of hydrogen-bond acceptors (Lipinski definition) is 3. The molecule has 3 nitrogen and oxygen atoms in total. The van der Waals surface area contributed by atoms with Crippen molar-refractivity contribution in [2.45, 2.75) is 39.2 Å². The van der Waals surface area contributed by atoms with Crippen LogP contribution in [0.15, 0.2) is 11.8 Å². The molecular formula is C12H18O3. The van der Waals surface area contributed by atoms with Gasteiger partial charge >= 0.3 is 5.97 Å². The van der Waals surface area contributed by atoms with Gasteiger partial charge in [0.25, 0.3) is 0 Å². The molecule has 2 rings (SSSR count). The third-order valence-corrected chi connectivity index (χ3v) is 3.47. The van der Waals surface area contributed by atoms with Crippen LogP contribution in [0.4, 0.5) is 0 Å². The van der Waals surface area contributed by atoms with Gasteiger partial charge in [0.15, 0.2) is 0 Å². The zero-order valence-corrected chi connectivity index (χ0v) is 9.58. The number of esters is 1. The van der Waals surface area contributed by atoms with Crippen LogP contribution in [0.1, 0.15) is 33.6 Å². The first-order valence-corrected chi connectivity index (χ1v) is 5.53. The molecule has 0 bridgehead atoms. The van der Waals surface area contributed by atoms with Crippen molar-refractivity contribution in [3.63, 3.8) is 0 Å². The van der Waals surface area contributed by atoms with E-state index in [2.05, 4.69) is 13.8 Å². The monoisotopic (exact) mass is 210 g/mol. The molecule has 0 aromatic rings. The van der Waals surface area contributed by atoms with Gasteiger partial charge in [0.1, 0.15) is 5.76 Å². The van der Waals surface area contributed by atoms with Crippen LogP contribution < -0.4 is 0 Å². The Hall–Kier alpha value is -0.830. The van der Waals surface area contributed by atoms with Crippen LogP contribution in [0.2, 0.25) is 0 Å². The van der Waals surface area contributed by atoms with Gasteiger partial charge < -0.3 is 9.47 Å². The van der Waals surface area contributed by atoms with Gasteiger partial charge in [-0.15, -0.1) is 0 Å². The molecule has 3 heteroatoms. The van der Waals surface area contributed by atoms with Crippen molar-refractivity contribution in [3.8, 4) is 0 Å². The standard InChI is InChI=1S/C12H18O3/c1-8-6-10(15-9(2)13)4-5-11(8)12(3)7-14-12/h4,8,11H,5-7H2,1-3H3/t8-,11-,12?/m1/s1. The lowest BCUT2D eigenvalue weighted by Crippen LogP contribution is -2.29. The van der Waals surface area contributed by atoms with E-state index in [1.165, 1.54) is 6.92 Å². The summed E-state index contributed by atoms with van der Waals surface area (Å²) in [4.78, 5) is 10.8. The van der Waals surface area contributed by atoms with Crippen LogP contribution in [0.3, 0.4) is 0 Å². The maximum absolute atomic E-state index is 10.8. The van der Waals surface area contributed by atoms with Crippen LogP contribution in [-0.4, -0.2) is 18.2 Å². The van der Waals surface area contributed by atoms with Gasteiger partial charge in [-0.05, 0) is 31.3 Å². The second kappa shape index (κ2) is 3.63. The molecule has 0 saturated carbocycles. The predicted molar refractivity (Wildman–Crippen MR) is 56.1 cm³/mol. The maximum Gasteiger partial charge on any atom is 0.307 e. The molecule has 1 heterocycles. The Bertz CT molecular complexity index is 302. The fourth-order valence-electron chi connectivity index (χ4n) is 2.48. The van der Waals surface area contributed by atoms with E-state index in [4.69, 9.17) is 9.47 Å². The van der Waals surface area contributed by atoms with Gasteiger partial charge in [-0.3, -0.25) is 4.79 Å². The van der Waals surface area contributed by atoms with Gasteiger partial charge in [-0.1, -0.05) is 6.92 Å². The van der Waals surface area contributed by atoms with Crippen LogP contribution >= 0.6 is 0 Å². The Morgan fingerprint density at radius 1 is 1.67 bits per heavy atom. The first kappa shape index (κ1) is 10.7. The van der Waals surface area contributed by atoms with Gasteiger partial charge in [0, 0.05) is 13.3 Å². The topological polar surface area (TPSA) is 38.8 Å². The summed E-state index contributed by atoms with van der Waals surface area (Å²) in [6.45, 7) is 6.69. The molecule has 1 unspecified atom stereocenters. The molecule has 84 valence electrons. The summed E-state index contributed by atoms with van der Waals surface area (Å²) in [5.41, 5.74) is 0.0810. The molecule has 0 spiro atoms. The highest BCUT2D eigenvalue weighted by atomic mass is 16.6. The van der Waals surface area contributed by atoms with Crippen LogP contribution in [0.25, 0.3) is 0 Å². The van der Waals surface area contributed by atoms with Crippen molar-refractivity contribution in [1.82, 2.24) is 0 Å². The average Bonchev–Trinajstić information content (AvgIpc) is 2.83. The Morgan fingerprint density at radius 2 is 2.33 bits per heavy atom. The van der Waals surface area contributed by atoms with E-state index in [0.717, 1.165) is 25.2 Å². The molecule has 0 amide bonds. The number of epoxide rings is 1. The largest absolute Gasteiger partial charge is 0.432 e. The zero-order valence-electron chi connectivity index (χ0n) is 9.58. The minimum absolute atomic E-state index is 0.0810. The number of carbonyl (C=O) groups excluding carboxylic acids is 1. The minimum atomic E-state index is -0.221. The Balaban J connectivity index is 2.00. The van der Waals surface area contributed by atoms with E-state index in [9.17, 15) is 4.79 Å². The number of rotatable bonds is 2. The number of ether oxygens (including phenoxy) is 2. The second-order valence-corrected chi connectivity index (χ2v) is 4.89. The summed E-state index contributed by atoms with van der Waals surface area (Å²) < 4.78 is 10.6. The van der Waals surface area contributed by atoms with Crippen molar-refractivity contribution >= 4 is 5.97 Å². The van der Waals surface area contributed by atoms with Crippen molar-refractivity contribution in [2.24, 2.45) is 11.8 Å². The van der Waals surface area contributed by atoms with Crippen LogP contribution in [0, 0.1) is 11.8 Å². The molecule has 0 radical (unpaired) electrons. The number of hydrogen-bond donors (Lipinski definition) is 0. The molecule has 3 atom stereocenters. The maximum atomic E-state index is 10.8. The normalized spacial score (nSPS) is 39.5. The van der Waals surface area contributed by atoms with E-state index in [-0.39, 0.29) is 11.6 Å². The molecule has 1 aliphatic carbocycles. The van der Waals surface area contributed by atoms with E-state index in [0.29, 0.717) is 11.8 Å². The summed E-state index contributed by atoms with van der Waals surface area (Å²) >= 11 is 0. The van der Waals surface area contributed by atoms with Crippen molar-refractivity contribution in [1.29, 1.82) is 0 Å². The molecule has 15 heavy (non-hydrogen) atoms. The van der Waals surface area contributed by atoms with E-state index < -0.39 is 0 Å². The lowest BCUT2D eigenvalue weighted by molar-refractivity contribution is -0.137. The van der Waals surface area contributed by atoms with E-state index in [1.54, 1.807) is 0 Å². The molecular weight excluding hydrogens is 192 g/mol. The van der Waals surface area contributed by atoms with E-state index >= 15 is 0 Å². The minimum Gasteiger partial charge on any atom is -0.432 e. The third-order valence-electron chi connectivity index (χ3n) is 3.47. The van der Waals surface area contributed by atoms with Crippen molar-refractivity contribution in [3.05, 3.63) is 11.8 Å². The Kier molecular flexibility index (Phi) is 2.59. The van der Waals surface area contributed by atoms with Gasteiger partial charge in [0.05, 0.1) is 12.2 Å². The Labute approximate surface area is 90.4 Å². The van der Waals surface area contributed by atoms with Crippen LogP contribution in [-0.2, 0) is 14.3 Å². The predicted octanol–water partition coefficient (Wildman–Crippen LogP) is 2.27. The van der Waals surface area contributed by atoms with Gasteiger partial charge in [-0.2, -0.15) is 0 Å². The van der Waals surface area contributed by atoms with Gasteiger partial charge in [-0.25, -0.2) is 0 Å². The highest BCUT2D eigenvalue weighted by molar-refractivity contribution is 5.67. The van der Waals surface area contributed by atoms with Crippen LogP contribution in [0.5, 0.6) is 0 Å². The molecule has 1 fully saturated rings. The first-order chi connectivity index (χ1) is 7.01. The lowest BCUT2D eigenvalue weighted by Gasteiger charge is -2.30. The van der Waals surface area contributed by atoms with E-state index in [1.807, 2.05) is 6.08 Å². The molecule has 0 N–H and O–H groups in total. The summed E-state index contributed by atoms with van der Waals surface area (Å²) in [6, 6.07) is 0. The number of carbonyl (C=O) groups is 1. The summed E-state index contributed by atoms with van der Waals surface area (Å²) in [5.74, 6) is 1.70. The van der Waals surface area contributed by atoms with Crippen molar-refractivity contribution in [2.75, 3.05) is 6.61 Å². The molecule has 1 saturated heterocycles. The first-order valence-electron chi connectivity index (χ1n) is 5.53. The summed E-state index contributed by atoms with van der Waals surface area (Å²) in [6.07, 6.45) is 3.85. The summed E-state index contributed by atoms with van der Waals surface area (Å²) in [7, 11) is 0. The lowest BCUT2D eigenvalue weighted by atomic mass is 9.76. The average molecular weight is 210 g/mol. The Morgan fingerprint density at radius 3 is 2.80 bits per heavy atom. The fourth-order valence-corrected chi connectivity index (χ4v) is 2.48. The highest BCUT2D eigenvalue weighted by Crippen LogP contribution is 2.45. The quantitative estimate of drug-likeness (QED) is 0.518. The molecule has 1 aliphatic heterocycles. The molecule has 0 aromatic carbocycles. The van der Waals surface area contributed by atoms with Gasteiger partial charge in [0.2, 0.25) is 0 Å². The highest BCUT2D eigenvalue weighted by Gasteiger charge is 2.49. The number of allylic oxidation sites excluding steroid dienone is 2.